The molecule has 1 aliphatic heterocycles. The third-order valence-electron chi connectivity index (χ3n) is 5.37. The van der Waals surface area contributed by atoms with E-state index in [4.69, 9.17) is 4.74 Å². The van der Waals surface area contributed by atoms with E-state index in [0.29, 0.717) is 30.5 Å². The standard InChI is InChI=1S/C18H36N4O3S.HI/c1-18(2)9-7-15(8-10-18)22-17(19-3)20-11-13-26(23,24)21-14-16-6-4-5-12-25-16;/h15-16,21H,4-14H2,1-3H3,(H2,19,20,22);1H. The molecule has 0 aromatic carbocycles. The van der Waals surface area contributed by atoms with E-state index in [-0.39, 0.29) is 35.8 Å². The number of guanidine groups is 1. The minimum absolute atomic E-state index is 0. The summed E-state index contributed by atoms with van der Waals surface area (Å²) < 4.78 is 32.5. The second-order valence-electron chi connectivity index (χ2n) is 8.24. The second kappa shape index (κ2) is 11.8. The van der Waals surface area contributed by atoms with Crippen LogP contribution in [0.3, 0.4) is 0 Å². The molecule has 3 N–H and O–H groups in total. The first-order chi connectivity index (χ1) is 12.3. The second-order valence-corrected chi connectivity index (χ2v) is 10.2. The van der Waals surface area contributed by atoms with Gasteiger partial charge in [-0.2, -0.15) is 0 Å². The first-order valence-electron chi connectivity index (χ1n) is 9.86. The van der Waals surface area contributed by atoms with Gasteiger partial charge in [-0.15, -0.1) is 24.0 Å². The number of halogens is 1. The summed E-state index contributed by atoms with van der Waals surface area (Å²) in [5.41, 5.74) is 0.428. The van der Waals surface area contributed by atoms with E-state index >= 15 is 0 Å². The molecule has 160 valence electrons. The number of sulfonamides is 1. The van der Waals surface area contributed by atoms with Crippen LogP contribution in [0.4, 0.5) is 0 Å². The third kappa shape index (κ3) is 9.76. The molecule has 0 aromatic heterocycles. The minimum Gasteiger partial charge on any atom is -0.377 e. The summed E-state index contributed by atoms with van der Waals surface area (Å²) >= 11 is 0. The number of ether oxygens (including phenoxy) is 1. The van der Waals surface area contributed by atoms with Crippen molar-refractivity contribution >= 4 is 40.0 Å². The van der Waals surface area contributed by atoms with Gasteiger partial charge in [-0.05, 0) is 50.4 Å². The average Bonchev–Trinajstić information content (AvgIpc) is 2.61. The largest absolute Gasteiger partial charge is 0.377 e. The molecule has 1 atom stereocenters. The summed E-state index contributed by atoms with van der Waals surface area (Å²) in [6.45, 7) is 6.05. The summed E-state index contributed by atoms with van der Waals surface area (Å²) in [5, 5.41) is 6.54. The van der Waals surface area contributed by atoms with Crippen molar-refractivity contribution in [3.63, 3.8) is 0 Å². The molecule has 2 aliphatic rings. The number of hydrogen-bond donors (Lipinski definition) is 3. The lowest BCUT2D eigenvalue weighted by atomic mass is 9.75. The van der Waals surface area contributed by atoms with Gasteiger partial charge >= 0.3 is 0 Å². The molecule has 1 unspecified atom stereocenters. The topological polar surface area (TPSA) is 91.8 Å². The lowest BCUT2D eigenvalue weighted by Gasteiger charge is -2.35. The van der Waals surface area contributed by atoms with Crippen LogP contribution in [-0.2, 0) is 14.8 Å². The number of nitrogens with zero attached hydrogens (tertiary/aromatic N) is 1. The molecule has 0 aromatic rings. The van der Waals surface area contributed by atoms with Gasteiger partial charge in [0, 0.05) is 32.8 Å². The molecule has 1 saturated heterocycles. The van der Waals surface area contributed by atoms with Crippen molar-refractivity contribution < 1.29 is 13.2 Å². The first kappa shape index (κ1) is 24.9. The van der Waals surface area contributed by atoms with Gasteiger partial charge in [0.1, 0.15) is 0 Å². The maximum atomic E-state index is 12.1. The lowest BCUT2D eigenvalue weighted by molar-refractivity contribution is 0.0200. The molecule has 1 heterocycles. The molecule has 1 saturated carbocycles. The van der Waals surface area contributed by atoms with E-state index in [9.17, 15) is 8.42 Å². The zero-order valence-corrected chi connectivity index (χ0v) is 20.1. The Balaban J connectivity index is 0.00000364. The van der Waals surface area contributed by atoms with Gasteiger partial charge in [0.25, 0.3) is 0 Å². The molecule has 27 heavy (non-hydrogen) atoms. The van der Waals surface area contributed by atoms with Crippen LogP contribution in [0.2, 0.25) is 0 Å². The van der Waals surface area contributed by atoms with Crippen molar-refractivity contribution in [1.29, 1.82) is 0 Å². The fourth-order valence-electron chi connectivity index (χ4n) is 3.50. The van der Waals surface area contributed by atoms with Crippen LogP contribution in [0, 0.1) is 5.41 Å². The van der Waals surface area contributed by atoms with Gasteiger partial charge in [-0.1, -0.05) is 13.8 Å². The van der Waals surface area contributed by atoms with Gasteiger partial charge in [-0.25, -0.2) is 13.1 Å². The summed E-state index contributed by atoms with van der Waals surface area (Å²) in [5.74, 6) is 0.707. The Morgan fingerprint density at radius 1 is 1.19 bits per heavy atom. The molecule has 0 spiro atoms. The van der Waals surface area contributed by atoms with Crippen molar-refractivity contribution in [3.05, 3.63) is 0 Å². The van der Waals surface area contributed by atoms with Crippen molar-refractivity contribution in [2.75, 3.05) is 32.5 Å². The normalized spacial score (nSPS) is 24.1. The highest BCUT2D eigenvalue weighted by molar-refractivity contribution is 14.0. The minimum atomic E-state index is -3.31. The Bertz CT molecular complexity index is 553. The quantitative estimate of drug-likeness (QED) is 0.274. The highest BCUT2D eigenvalue weighted by Gasteiger charge is 2.27. The molecule has 9 heteroatoms. The highest BCUT2D eigenvalue weighted by Crippen LogP contribution is 2.34. The molecule has 0 amide bonds. The van der Waals surface area contributed by atoms with Crippen LogP contribution in [0.5, 0.6) is 0 Å². The van der Waals surface area contributed by atoms with E-state index in [0.717, 1.165) is 38.7 Å². The first-order valence-corrected chi connectivity index (χ1v) is 11.5. The fourth-order valence-corrected chi connectivity index (χ4v) is 4.45. The van der Waals surface area contributed by atoms with Gasteiger partial charge in [0.15, 0.2) is 5.96 Å². The Morgan fingerprint density at radius 2 is 1.89 bits per heavy atom. The van der Waals surface area contributed by atoms with Crippen LogP contribution in [0.1, 0.15) is 58.8 Å². The van der Waals surface area contributed by atoms with E-state index in [1.807, 2.05) is 0 Å². The Hall–Kier alpha value is -0.130. The number of hydrogen-bond acceptors (Lipinski definition) is 4. The van der Waals surface area contributed by atoms with E-state index < -0.39 is 10.0 Å². The van der Waals surface area contributed by atoms with Gasteiger partial charge in [-0.3, -0.25) is 4.99 Å². The van der Waals surface area contributed by atoms with Gasteiger partial charge in [0.2, 0.25) is 10.0 Å². The zero-order valence-electron chi connectivity index (χ0n) is 16.9. The summed E-state index contributed by atoms with van der Waals surface area (Å²) in [7, 11) is -1.59. The van der Waals surface area contributed by atoms with Crippen LogP contribution >= 0.6 is 24.0 Å². The average molecular weight is 516 g/mol. The van der Waals surface area contributed by atoms with Crippen LogP contribution in [0.25, 0.3) is 0 Å². The van der Waals surface area contributed by atoms with Crippen LogP contribution in [-0.4, -0.2) is 59.0 Å². The van der Waals surface area contributed by atoms with Gasteiger partial charge in [0.05, 0.1) is 11.9 Å². The Kier molecular flexibility index (Phi) is 10.9. The summed E-state index contributed by atoms with van der Waals surface area (Å²) in [6.07, 6.45) is 7.74. The molecule has 1 aliphatic carbocycles. The maximum absolute atomic E-state index is 12.1. The van der Waals surface area contributed by atoms with Gasteiger partial charge < -0.3 is 15.4 Å². The van der Waals surface area contributed by atoms with E-state index in [2.05, 4.69) is 34.2 Å². The molecule has 0 bridgehead atoms. The molecular formula is C18H37IN4O3S. The van der Waals surface area contributed by atoms with Crippen LogP contribution < -0.4 is 15.4 Å². The number of aliphatic imine (C=N–C) groups is 1. The molecule has 7 nitrogen and oxygen atoms in total. The Morgan fingerprint density at radius 3 is 2.48 bits per heavy atom. The predicted molar refractivity (Wildman–Crippen MR) is 121 cm³/mol. The van der Waals surface area contributed by atoms with Crippen LogP contribution in [0.15, 0.2) is 4.99 Å². The lowest BCUT2D eigenvalue weighted by Crippen LogP contribution is -2.47. The third-order valence-corrected chi connectivity index (χ3v) is 6.72. The van der Waals surface area contributed by atoms with E-state index in [1.54, 1.807) is 7.05 Å². The maximum Gasteiger partial charge on any atom is 0.213 e. The predicted octanol–water partition coefficient (Wildman–Crippen LogP) is 2.23. The van der Waals surface area contributed by atoms with Crippen molar-refractivity contribution in [2.24, 2.45) is 10.4 Å². The number of rotatable bonds is 7. The van der Waals surface area contributed by atoms with Crippen molar-refractivity contribution in [2.45, 2.75) is 70.9 Å². The Labute approximate surface area is 181 Å². The summed E-state index contributed by atoms with van der Waals surface area (Å²) in [6, 6.07) is 0.410. The molecular weight excluding hydrogens is 479 g/mol. The SMILES string of the molecule is CN=C(NCCS(=O)(=O)NCC1CCCCO1)NC1CCC(C)(C)CC1.I. The van der Waals surface area contributed by atoms with Crippen molar-refractivity contribution in [3.8, 4) is 0 Å². The molecule has 2 fully saturated rings. The van der Waals surface area contributed by atoms with E-state index in [1.165, 1.54) is 12.8 Å². The van der Waals surface area contributed by atoms with Crippen molar-refractivity contribution in [1.82, 2.24) is 15.4 Å². The zero-order chi connectivity index (χ0) is 19.0. The monoisotopic (exact) mass is 516 g/mol. The molecule has 0 radical (unpaired) electrons. The number of nitrogens with one attached hydrogen (secondary N) is 3. The smallest absolute Gasteiger partial charge is 0.213 e. The highest BCUT2D eigenvalue weighted by atomic mass is 127. The molecule has 2 rings (SSSR count). The summed E-state index contributed by atoms with van der Waals surface area (Å²) in [4.78, 5) is 4.22. The fraction of sp³-hybridized carbons (Fsp3) is 0.944.